The van der Waals surface area contributed by atoms with Gasteiger partial charge in [0.25, 0.3) is 0 Å². The van der Waals surface area contributed by atoms with E-state index in [2.05, 4.69) is 10.1 Å². The quantitative estimate of drug-likeness (QED) is 0.294. The van der Waals surface area contributed by atoms with Crippen LogP contribution in [0.25, 0.3) is 0 Å². The molecule has 0 radical (unpaired) electrons. The summed E-state index contributed by atoms with van der Waals surface area (Å²) in [5, 5.41) is 21.7. The van der Waals surface area contributed by atoms with Gasteiger partial charge in [0.05, 0.1) is 11.2 Å². The fourth-order valence-corrected chi connectivity index (χ4v) is 2.03. The van der Waals surface area contributed by atoms with Crippen molar-refractivity contribution in [2.75, 3.05) is 18.0 Å². The minimum absolute atomic E-state index is 0.0274. The van der Waals surface area contributed by atoms with Gasteiger partial charge in [0.15, 0.2) is 5.84 Å². The van der Waals surface area contributed by atoms with Crippen LogP contribution in [0.2, 0.25) is 0 Å². The molecule has 17 heavy (non-hydrogen) atoms. The fraction of sp³-hybridized carbons (Fsp3) is 0.455. The minimum Gasteiger partial charge on any atom is -0.409 e. The lowest BCUT2D eigenvalue weighted by atomic mass is 10.1. The molecule has 0 bridgehead atoms. The number of amidine groups is 1. The summed E-state index contributed by atoms with van der Waals surface area (Å²) in [5.41, 5.74) is 5.47. The Morgan fingerprint density at radius 2 is 2.41 bits per heavy atom. The van der Waals surface area contributed by atoms with Crippen LogP contribution in [0.15, 0.2) is 23.5 Å². The molecule has 2 rings (SSSR count). The van der Waals surface area contributed by atoms with Crippen molar-refractivity contribution in [1.82, 2.24) is 4.98 Å². The van der Waals surface area contributed by atoms with Crippen LogP contribution in [0.3, 0.4) is 0 Å². The molecule has 2 heterocycles. The number of rotatable bonds is 2. The van der Waals surface area contributed by atoms with Gasteiger partial charge in [0.2, 0.25) is 0 Å². The molecule has 1 aromatic heterocycles. The molecule has 0 amide bonds. The topological polar surface area (TPSA) is 95.0 Å². The summed E-state index contributed by atoms with van der Waals surface area (Å²) in [5.74, 6) is 0.667. The molecule has 1 fully saturated rings. The smallest absolute Gasteiger partial charge is 0.173 e. The zero-order chi connectivity index (χ0) is 12.5. The first-order valence-corrected chi connectivity index (χ1v) is 5.44. The zero-order valence-corrected chi connectivity index (χ0v) is 9.67. The van der Waals surface area contributed by atoms with Gasteiger partial charge in [-0.1, -0.05) is 5.16 Å². The molecule has 1 saturated heterocycles. The molecule has 1 unspecified atom stereocenters. The van der Waals surface area contributed by atoms with Gasteiger partial charge >= 0.3 is 0 Å². The van der Waals surface area contributed by atoms with Gasteiger partial charge in [0.1, 0.15) is 5.82 Å². The standard InChI is InChI=1S/C11H16N4O2/c1-11(16)4-6-15(7-11)10-8(9(12)14-17)3-2-5-13-10/h2-3,5,16-17H,4,6-7H2,1H3,(H2,12,14). The minimum atomic E-state index is -0.708. The number of oxime groups is 1. The van der Waals surface area contributed by atoms with Crippen molar-refractivity contribution < 1.29 is 10.3 Å². The summed E-state index contributed by atoms with van der Waals surface area (Å²) in [4.78, 5) is 6.18. The Balaban J connectivity index is 2.33. The molecule has 1 aliphatic heterocycles. The molecular weight excluding hydrogens is 220 g/mol. The first-order valence-electron chi connectivity index (χ1n) is 5.44. The second-order valence-corrected chi connectivity index (χ2v) is 4.53. The molecule has 1 aliphatic rings. The average molecular weight is 236 g/mol. The Bertz CT molecular complexity index is 445. The first kappa shape index (κ1) is 11.7. The van der Waals surface area contributed by atoms with Crippen molar-refractivity contribution in [3.8, 4) is 0 Å². The second-order valence-electron chi connectivity index (χ2n) is 4.53. The Morgan fingerprint density at radius 1 is 1.65 bits per heavy atom. The molecule has 6 nitrogen and oxygen atoms in total. The normalized spacial score (nSPS) is 25.3. The van der Waals surface area contributed by atoms with E-state index in [1.54, 1.807) is 25.3 Å². The predicted octanol–water partition coefficient (Wildman–Crippen LogP) is 0.137. The summed E-state index contributed by atoms with van der Waals surface area (Å²) in [6.45, 7) is 2.99. The zero-order valence-electron chi connectivity index (χ0n) is 9.67. The summed E-state index contributed by atoms with van der Waals surface area (Å²) in [7, 11) is 0. The van der Waals surface area contributed by atoms with E-state index in [1.807, 2.05) is 4.90 Å². The Hall–Kier alpha value is -1.82. The lowest BCUT2D eigenvalue weighted by molar-refractivity contribution is 0.0839. The van der Waals surface area contributed by atoms with Crippen LogP contribution in [0, 0.1) is 0 Å². The molecule has 0 saturated carbocycles. The summed E-state index contributed by atoms with van der Waals surface area (Å²) in [6.07, 6.45) is 2.33. The molecule has 1 atom stereocenters. The SMILES string of the molecule is CC1(O)CCN(c2ncccc2/C(N)=N/O)C1. The highest BCUT2D eigenvalue weighted by Crippen LogP contribution is 2.27. The molecule has 0 aliphatic carbocycles. The summed E-state index contributed by atoms with van der Waals surface area (Å²) >= 11 is 0. The number of β-amino-alcohol motifs (C(OH)–C–C–N with tert-alkyl or cyclic N) is 1. The monoisotopic (exact) mass is 236 g/mol. The van der Waals surface area contributed by atoms with E-state index < -0.39 is 5.60 Å². The summed E-state index contributed by atoms with van der Waals surface area (Å²) in [6, 6.07) is 3.47. The number of nitrogens with two attached hydrogens (primary N) is 1. The number of nitrogens with zero attached hydrogens (tertiary/aromatic N) is 3. The second kappa shape index (κ2) is 4.21. The molecule has 92 valence electrons. The van der Waals surface area contributed by atoms with Crippen molar-refractivity contribution in [2.45, 2.75) is 18.9 Å². The van der Waals surface area contributed by atoms with Crippen LogP contribution in [0.4, 0.5) is 5.82 Å². The maximum atomic E-state index is 9.93. The van der Waals surface area contributed by atoms with Gasteiger partial charge in [-0.25, -0.2) is 4.98 Å². The van der Waals surface area contributed by atoms with Crippen molar-refractivity contribution in [3.05, 3.63) is 23.9 Å². The van der Waals surface area contributed by atoms with E-state index in [-0.39, 0.29) is 5.84 Å². The maximum Gasteiger partial charge on any atom is 0.173 e. The highest BCUT2D eigenvalue weighted by Gasteiger charge is 2.33. The van der Waals surface area contributed by atoms with Crippen LogP contribution >= 0.6 is 0 Å². The van der Waals surface area contributed by atoms with Crippen LogP contribution in [-0.4, -0.2) is 39.8 Å². The number of aliphatic hydroxyl groups is 1. The highest BCUT2D eigenvalue weighted by molar-refractivity contribution is 6.01. The molecule has 4 N–H and O–H groups in total. The summed E-state index contributed by atoms with van der Waals surface area (Å²) < 4.78 is 0. The number of aromatic nitrogens is 1. The van der Waals surface area contributed by atoms with E-state index in [1.165, 1.54) is 0 Å². The number of pyridine rings is 1. The van der Waals surface area contributed by atoms with Crippen molar-refractivity contribution in [3.63, 3.8) is 0 Å². The Labute approximate surface area is 99.4 Å². The third-order valence-corrected chi connectivity index (χ3v) is 2.92. The molecular formula is C11H16N4O2. The van der Waals surface area contributed by atoms with Crippen LogP contribution in [0.5, 0.6) is 0 Å². The van der Waals surface area contributed by atoms with Crippen molar-refractivity contribution in [2.24, 2.45) is 10.9 Å². The maximum absolute atomic E-state index is 9.93. The molecule has 0 aromatic carbocycles. The number of hydrogen-bond acceptors (Lipinski definition) is 5. The van der Waals surface area contributed by atoms with E-state index in [4.69, 9.17) is 10.9 Å². The van der Waals surface area contributed by atoms with Gasteiger partial charge in [-0.15, -0.1) is 0 Å². The van der Waals surface area contributed by atoms with Gasteiger partial charge < -0.3 is 20.9 Å². The van der Waals surface area contributed by atoms with Crippen LogP contribution in [-0.2, 0) is 0 Å². The van der Waals surface area contributed by atoms with Gasteiger partial charge in [-0.05, 0) is 25.5 Å². The Morgan fingerprint density at radius 3 is 3.00 bits per heavy atom. The van der Waals surface area contributed by atoms with Gasteiger partial charge in [-0.3, -0.25) is 0 Å². The Kier molecular flexibility index (Phi) is 2.89. The number of anilines is 1. The third-order valence-electron chi connectivity index (χ3n) is 2.92. The van der Waals surface area contributed by atoms with E-state index >= 15 is 0 Å². The molecule has 1 aromatic rings. The fourth-order valence-electron chi connectivity index (χ4n) is 2.03. The van der Waals surface area contributed by atoms with Crippen LogP contribution in [0.1, 0.15) is 18.9 Å². The number of hydrogen-bond donors (Lipinski definition) is 3. The van der Waals surface area contributed by atoms with Gasteiger partial charge in [-0.2, -0.15) is 0 Å². The van der Waals surface area contributed by atoms with E-state index in [9.17, 15) is 5.11 Å². The lowest BCUT2D eigenvalue weighted by Crippen LogP contribution is -2.31. The predicted molar refractivity (Wildman–Crippen MR) is 64.2 cm³/mol. The van der Waals surface area contributed by atoms with Crippen LogP contribution < -0.4 is 10.6 Å². The molecule has 0 spiro atoms. The molecule has 6 heteroatoms. The largest absolute Gasteiger partial charge is 0.409 e. The van der Waals surface area contributed by atoms with Gasteiger partial charge in [0, 0.05) is 19.3 Å². The van der Waals surface area contributed by atoms with Crippen molar-refractivity contribution >= 4 is 11.7 Å². The first-order chi connectivity index (χ1) is 8.03. The van der Waals surface area contributed by atoms with Crippen molar-refractivity contribution in [1.29, 1.82) is 0 Å². The highest BCUT2D eigenvalue weighted by atomic mass is 16.4. The lowest BCUT2D eigenvalue weighted by Gasteiger charge is -2.21. The van der Waals surface area contributed by atoms with E-state index in [0.29, 0.717) is 30.9 Å². The average Bonchev–Trinajstić information content (AvgIpc) is 2.68. The van der Waals surface area contributed by atoms with E-state index in [0.717, 1.165) is 0 Å². The third kappa shape index (κ3) is 2.31.